The fourth-order valence-electron chi connectivity index (χ4n) is 1.53. The number of nitrogens with two attached hydrogens (primary N) is 1. The lowest BCUT2D eigenvalue weighted by Crippen LogP contribution is -2.06. The Morgan fingerprint density at radius 3 is 2.94 bits per heavy atom. The monoisotopic (exact) mass is 254 g/mol. The molecule has 3 N–H and O–H groups in total. The maximum absolute atomic E-state index is 10.9. The molecule has 1 heterocycles. The Labute approximate surface area is 101 Å². The minimum absolute atomic E-state index is 0.543. The molecular weight excluding hydrogens is 240 g/mol. The van der Waals surface area contributed by atoms with Gasteiger partial charge in [0.2, 0.25) is 0 Å². The summed E-state index contributed by atoms with van der Waals surface area (Å²) in [6.07, 6.45) is 2.53. The van der Waals surface area contributed by atoms with Crippen LogP contribution in [0.1, 0.15) is 6.42 Å². The number of nitrogen functional groups attached to an aromatic ring is 1. The molecule has 0 bridgehead atoms. The van der Waals surface area contributed by atoms with Gasteiger partial charge >= 0.3 is 0 Å². The van der Waals surface area contributed by atoms with Gasteiger partial charge in [0.05, 0.1) is 11.4 Å². The number of anilines is 2. The van der Waals surface area contributed by atoms with Crippen LogP contribution in [-0.2, 0) is 10.8 Å². The molecule has 7 heteroatoms. The highest BCUT2D eigenvalue weighted by molar-refractivity contribution is 7.84. The van der Waals surface area contributed by atoms with Crippen molar-refractivity contribution in [3.63, 3.8) is 0 Å². The molecule has 1 unspecified atom stereocenters. The van der Waals surface area contributed by atoms with E-state index in [2.05, 4.69) is 20.3 Å². The summed E-state index contributed by atoms with van der Waals surface area (Å²) in [4.78, 5) is 0. The predicted octanol–water partition coefficient (Wildman–Crippen LogP) is 0.985. The Hall–Kier alpha value is -1.63. The molecule has 0 saturated carbocycles. The van der Waals surface area contributed by atoms with Gasteiger partial charge in [-0.1, -0.05) is 0 Å². The van der Waals surface area contributed by atoms with Crippen molar-refractivity contribution in [2.24, 2.45) is 0 Å². The summed E-state index contributed by atoms with van der Waals surface area (Å²) < 4.78 is 15.6. The van der Waals surface area contributed by atoms with Gasteiger partial charge in [0.1, 0.15) is 0 Å². The van der Waals surface area contributed by atoms with Crippen LogP contribution < -0.4 is 11.1 Å². The molecule has 0 aliphatic rings. The van der Waals surface area contributed by atoms with Crippen LogP contribution >= 0.6 is 0 Å². The maximum atomic E-state index is 10.9. The van der Waals surface area contributed by atoms with E-state index in [0.29, 0.717) is 22.5 Å². The van der Waals surface area contributed by atoms with Gasteiger partial charge in [0.25, 0.3) is 0 Å². The van der Waals surface area contributed by atoms with Crippen molar-refractivity contribution in [1.82, 2.24) is 10.3 Å². The number of aromatic nitrogens is 2. The second-order valence-electron chi connectivity index (χ2n) is 3.72. The molecule has 1 aromatic heterocycles. The molecule has 0 aliphatic carbocycles. The normalized spacial score (nSPS) is 12.8. The molecule has 2 aromatic rings. The third-order valence-corrected chi connectivity index (χ3v) is 3.23. The van der Waals surface area contributed by atoms with Crippen LogP contribution in [0.3, 0.4) is 0 Å². The molecule has 0 saturated heterocycles. The summed E-state index contributed by atoms with van der Waals surface area (Å²) >= 11 is 0. The topological polar surface area (TPSA) is 94.0 Å². The summed E-state index contributed by atoms with van der Waals surface area (Å²) in [5.74, 6) is 0.683. The van der Waals surface area contributed by atoms with Gasteiger partial charge in [-0.15, -0.1) is 0 Å². The van der Waals surface area contributed by atoms with Gasteiger partial charge < -0.3 is 11.1 Å². The second-order valence-corrected chi connectivity index (χ2v) is 5.28. The van der Waals surface area contributed by atoms with Gasteiger partial charge in [-0.05, 0) is 28.9 Å². The fraction of sp³-hybridized carbons (Fsp3) is 0.400. The predicted molar refractivity (Wildman–Crippen MR) is 68.3 cm³/mol. The van der Waals surface area contributed by atoms with Crippen molar-refractivity contribution < 1.29 is 8.84 Å². The highest BCUT2D eigenvalue weighted by Gasteiger charge is 2.09. The zero-order valence-electron chi connectivity index (χ0n) is 9.47. The Bertz CT molecular complexity index is 540. The average Bonchev–Trinajstić information content (AvgIpc) is 2.76. The van der Waals surface area contributed by atoms with Crippen molar-refractivity contribution in [2.75, 3.05) is 29.6 Å². The third kappa shape index (κ3) is 2.73. The zero-order valence-corrected chi connectivity index (χ0v) is 10.3. The van der Waals surface area contributed by atoms with Crippen LogP contribution in [-0.4, -0.2) is 33.1 Å². The number of hydrogen-bond acceptors (Lipinski definition) is 6. The number of fused-ring (bicyclic) bond motifs is 1. The Morgan fingerprint density at radius 2 is 2.18 bits per heavy atom. The second kappa shape index (κ2) is 5.13. The summed E-state index contributed by atoms with van der Waals surface area (Å²) in [6.45, 7) is 0.728. The third-order valence-electron chi connectivity index (χ3n) is 2.37. The molecule has 0 fully saturated rings. The molecule has 1 atom stereocenters. The molecule has 6 nitrogen and oxygen atoms in total. The minimum Gasteiger partial charge on any atom is -0.397 e. The van der Waals surface area contributed by atoms with Crippen LogP contribution in [0.2, 0.25) is 0 Å². The summed E-state index contributed by atoms with van der Waals surface area (Å²) in [5.41, 5.74) is 8.30. The molecule has 17 heavy (non-hydrogen) atoms. The molecule has 92 valence electrons. The van der Waals surface area contributed by atoms with Crippen molar-refractivity contribution >= 4 is 33.2 Å². The van der Waals surface area contributed by atoms with Gasteiger partial charge in [0.15, 0.2) is 11.0 Å². The first-order valence-electron chi connectivity index (χ1n) is 5.23. The van der Waals surface area contributed by atoms with E-state index in [-0.39, 0.29) is 0 Å². The van der Waals surface area contributed by atoms with E-state index in [1.54, 1.807) is 12.3 Å². The quantitative estimate of drug-likeness (QED) is 0.610. The molecule has 0 amide bonds. The molecule has 2 rings (SSSR count). The van der Waals surface area contributed by atoms with Crippen LogP contribution in [0.25, 0.3) is 11.0 Å². The molecule has 0 aliphatic heterocycles. The summed E-state index contributed by atoms with van der Waals surface area (Å²) in [6, 6.07) is 3.59. The van der Waals surface area contributed by atoms with E-state index in [4.69, 9.17) is 5.73 Å². The van der Waals surface area contributed by atoms with Crippen molar-refractivity contribution in [2.45, 2.75) is 6.42 Å². The van der Waals surface area contributed by atoms with E-state index < -0.39 is 10.8 Å². The first kappa shape index (κ1) is 11.8. The van der Waals surface area contributed by atoms with E-state index >= 15 is 0 Å². The van der Waals surface area contributed by atoms with Crippen LogP contribution in [0.5, 0.6) is 0 Å². The van der Waals surface area contributed by atoms with Crippen LogP contribution in [0.15, 0.2) is 16.8 Å². The van der Waals surface area contributed by atoms with Crippen molar-refractivity contribution in [1.29, 1.82) is 0 Å². The van der Waals surface area contributed by atoms with Gasteiger partial charge in [-0.2, -0.15) is 0 Å². The summed E-state index contributed by atoms with van der Waals surface area (Å²) in [5, 5.41) is 10.7. The zero-order chi connectivity index (χ0) is 12.3. The fourth-order valence-corrected chi connectivity index (χ4v) is 2.08. The van der Waals surface area contributed by atoms with Gasteiger partial charge in [-0.3, -0.25) is 4.21 Å². The molecular formula is C10H14N4O2S. The van der Waals surface area contributed by atoms with Gasteiger partial charge in [-0.25, -0.2) is 4.63 Å². The smallest absolute Gasteiger partial charge is 0.160 e. The lowest BCUT2D eigenvalue weighted by atomic mass is 10.2. The number of rotatable bonds is 5. The lowest BCUT2D eigenvalue weighted by Gasteiger charge is -2.06. The number of nitrogens with zero attached hydrogens (tertiary/aromatic N) is 2. The highest BCUT2D eigenvalue weighted by atomic mass is 32.2. The van der Waals surface area contributed by atoms with Crippen LogP contribution in [0.4, 0.5) is 11.4 Å². The molecule has 1 aromatic carbocycles. The molecule has 0 spiro atoms. The van der Waals surface area contributed by atoms with Crippen LogP contribution in [0, 0.1) is 0 Å². The van der Waals surface area contributed by atoms with E-state index in [9.17, 15) is 4.21 Å². The first-order chi connectivity index (χ1) is 8.18. The SMILES string of the molecule is CS(=O)CCCNc1ccc(N)c2nonc12. The minimum atomic E-state index is -0.753. The van der Waals surface area contributed by atoms with E-state index in [1.807, 2.05) is 6.07 Å². The Morgan fingerprint density at radius 1 is 1.41 bits per heavy atom. The Kier molecular flexibility index (Phi) is 3.58. The number of benzene rings is 1. The standard InChI is InChI=1S/C10H14N4O2S/c1-17(15)6-2-5-12-8-4-3-7(11)9-10(8)14-16-13-9/h3-4,12H,2,5-6,11H2,1H3. The summed E-state index contributed by atoms with van der Waals surface area (Å²) in [7, 11) is -0.753. The van der Waals surface area contributed by atoms with Crippen molar-refractivity contribution in [3.8, 4) is 0 Å². The molecule has 0 radical (unpaired) electrons. The van der Waals surface area contributed by atoms with E-state index in [1.165, 1.54) is 0 Å². The van der Waals surface area contributed by atoms with E-state index in [0.717, 1.165) is 18.7 Å². The lowest BCUT2D eigenvalue weighted by molar-refractivity contribution is 0.316. The maximum Gasteiger partial charge on any atom is 0.160 e. The largest absolute Gasteiger partial charge is 0.397 e. The highest BCUT2D eigenvalue weighted by Crippen LogP contribution is 2.24. The van der Waals surface area contributed by atoms with Gasteiger partial charge in [0, 0.05) is 29.4 Å². The Balaban J connectivity index is 2.06. The average molecular weight is 254 g/mol. The first-order valence-corrected chi connectivity index (χ1v) is 6.96. The van der Waals surface area contributed by atoms with Crippen molar-refractivity contribution in [3.05, 3.63) is 12.1 Å². The number of nitrogens with one attached hydrogen (secondary N) is 1. The number of hydrogen-bond donors (Lipinski definition) is 2.